The molecule has 9 aromatic rings. The Morgan fingerprint density at radius 1 is 0.328 bits per heavy atom. The van der Waals surface area contributed by atoms with E-state index in [-0.39, 0.29) is 6.84 Å². The van der Waals surface area contributed by atoms with Crippen molar-refractivity contribution in [3.8, 4) is 11.5 Å². The largest absolute Gasteiger partial charge is 0.457 e. The first kappa shape index (κ1) is 109. The van der Waals surface area contributed by atoms with Crippen LogP contribution in [-0.2, 0) is 11.8 Å². The van der Waals surface area contributed by atoms with Crippen LogP contribution in [0, 0.1) is 160 Å². The number of aryl methyl sites for hydroxylation is 12. The minimum atomic E-state index is 0. The van der Waals surface area contributed by atoms with Crippen LogP contribution in [0.15, 0.2) is 212 Å². The second kappa shape index (κ2) is 58.9. The third-order valence-corrected chi connectivity index (χ3v) is 26.7. The highest BCUT2D eigenvalue weighted by Gasteiger charge is 2.38. The van der Waals surface area contributed by atoms with E-state index in [2.05, 4.69) is 378 Å². The summed E-state index contributed by atoms with van der Waals surface area (Å²) in [5.74, 6) is 11.9. The van der Waals surface area contributed by atoms with Crippen LogP contribution >= 0.6 is 0 Å². The molecule has 5 fully saturated rings. The van der Waals surface area contributed by atoms with Gasteiger partial charge in [-0.2, -0.15) is 0 Å². The molecule has 1 heteroatoms. The summed E-state index contributed by atoms with van der Waals surface area (Å²) in [6.45, 7) is 69.6. The smallest absolute Gasteiger partial charge is 0.127 e. The van der Waals surface area contributed by atoms with Crippen molar-refractivity contribution in [2.45, 2.75) is 368 Å². The summed E-state index contributed by atoms with van der Waals surface area (Å²) in [4.78, 5) is 0. The molecule has 5 aliphatic rings. The lowest BCUT2D eigenvalue weighted by molar-refractivity contribution is 0.0581. The molecule has 7 unspecified atom stereocenters. The van der Waals surface area contributed by atoms with Crippen LogP contribution in [0.1, 0.15) is 362 Å². The Morgan fingerprint density at radius 2 is 0.639 bits per heavy atom. The van der Waals surface area contributed by atoms with Crippen molar-refractivity contribution in [3.63, 3.8) is 0 Å². The van der Waals surface area contributed by atoms with E-state index in [0.717, 1.165) is 77.1 Å². The summed E-state index contributed by atoms with van der Waals surface area (Å²) < 4.78 is 5.69. The first-order chi connectivity index (χ1) is 57.7. The van der Waals surface area contributed by atoms with Crippen LogP contribution in [0.4, 0.5) is 0 Å². The lowest BCUT2D eigenvalue weighted by Gasteiger charge is -2.45. The fourth-order valence-corrected chi connectivity index (χ4v) is 17.9. The van der Waals surface area contributed by atoms with Crippen LogP contribution in [0.5, 0.6) is 11.5 Å². The Labute approximate surface area is 757 Å². The van der Waals surface area contributed by atoms with Crippen molar-refractivity contribution in [2.24, 2.45) is 70.0 Å². The van der Waals surface area contributed by atoms with Crippen LogP contribution < -0.4 is 4.74 Å². The second-order valence-corrected chi connectivity index (χ2v) is 41.1. The van der Waals surface area contributed by atoms with Crippen molar-refractivity contribution in [1.82, 2.24) is 0 Å². The summed E-state index contributed by atoms with van der Waals surface area (Å²) in [5.41, 5.74) is 24.0. The monoisotopic (exact) mass is 1660 g/mol. The maximum atomic E-state index is 5.69. The van der Waals surface area contributed by atoms with Gasteiger partial charge < -0.3 is 4.74 Å². The predicted octanol–water partition coefficient (Wildman–Crippen LogP) is 38.1. The van der Waals surface area contributed by atoms with E-state index in [1.165, 1.54) is 236 Å². The minimum Gasteiger partial charge on any atom is -0.457 e. The quantitative estimate of drug-likeness (QED) is 0.140. The third-order valence-electron chi connectivity index (χ3n) is 26.7. The van der Waals surface area contributed by atoms with Crippen LogP contribution in [0.3, 0.4) is 0 Å². The maximum absolute atomic E-state index is 5.69. The number of hydrogen-bond acceptors (Lipinski definition) is 1. The predicted molar refractivity (Wildman–Crippen MR) is 549 cm³/mol. The molecule has 14 rings (SSSR count). The van der Waals surface area contributed by atoms with Crippen molar-refractivity contribution in [2.75, 3.05) is 0 Å². The van der Waals surface area contributed by atoms with Gasteiger partial charge in [0, 0.05) is 6.84 Å². The number of hydrogen-bond donors (Lipinski definition) is 0. The maximum Gasteiger partial charge on any atom is 0.127 e. The molecule has 0 radical (unpaired) electrons. The highest BCUT2D eigenvalue weighted by Crippen LogP contribution is 2.50. The van der Waals surface area contributed by atoms with Gasteiger partial charge in [0.2, 0.25) is 0 Å². The fourth-order valence-electron chi connectivity index (χ4n) is 17.9. The van der Waals surface area contributed by atoms with Gasteiger partial charge >= 0.3 is 0 Å². The van der Waals surface area contributed by atoms with E-state index in [4.69, 9.17) is 4.74 Å². The second-order valence-electron chi connectivity index (χ2n) is 41.1. The summed E-state index contributed by atoms with van der Waals surface area (Å²) in [6.07, 6.45) is 32.9. The van der Waals surface area contributed by atoms with Gasteiger partial charge in [-0.3, -0.25) is 0 Å². The van der Waals surface area contributed by atoms with Gasteiger partial charge in [-0.15, -0.1) is 0 Å². The normalized spacial score (nSPS) is 21.6. The molecule has 1 nitrogen and oxygen atoms in total. The molecule has 5 aliphatic carbocycles. The average Bonchev–Trinajstić information content (AvgIpc) is 0.806. The Kier molecular flexibility index (Phi) is 52.6. The molecule has 0 amide bonds. The van der Waals surface area contributed by atoms with E-state index in [9.17, 15) is 0 Å². The zero-order valence-corrected chi connectivity index (χ0v) is 84.7. The molecule has 0 heterocycles. The van der Waals surface area contributed by atoms with E-state index in [0.29, 0.717) is 10.8 Å². The van der Waals surface area contributed by atoms with Gasteiger partial charge in [0.05, 0.1) is 0 Å². The summed E-state index contributed by atoms with van der Waals surface area (Å²) >= 11 is 0. The molecule has 9 aromatic carbocycles. The van der Waals surface area contributed by atoms with Crippen LogP contribution in [0.2, 0.25) is 0 Å². The van der Waals surface area contributed by atoms with E-state index < -0.39 is 0 Å². The molecule has 0 bridgehead atoms. The molecular weight excluding hydrogens is 1470 g/mol. The topological polar surface area (TPSA) is 9.23 Å². The fraction of sp³-hybridized carbons (Fsp3) is 0.554. The van der Waals surface area contributed by atoms with E-state index >= 15 is 0 Å². The number of ether oxygens (including phenoxy) is 1. The van der Waals surface area contributed by atoms with Crippen LogP contribution in [-0.4, -0.2) is 0 Å². The molecule has 0 aliphatic heterocycles. The Morgan fingerprint density at radius 3 is 0.918 bits per heavy atom. The summed E-state index contributed by atoms with van der Waals surface area (Å²) in [7, 11) is 0. The first-order valence-corrected chi connectivity index (χ1v) is 48.9. The Balaban J connectivity index is 0.000000461. The van der Waals surface area contributed by atoms with Gasteiger partial charge in [0.25, 0.3) is 0 Å². The first-order valence-electron chi connectivity index (χ1n) is 48.9. The van der Waals surface area contributed by atoms with Crippen molar-refractivity contribution < 1.29 is 6.16 Å². The molecule has 122 heavy (non-hydrogen) atoms. The van der Waals surface area contributed by atoms with Gasteiger partial charge in [-0.25, -0.2) is 0 Å². The van der Waals surface area contributed by atoms with Gasteiger partial charge in [0.15, 0.2) is 0 Å². The van der Waals surface area contributed by atoms with Crippen LogP contribution in [0.25, 0.3) is 0 Å². The summed E-state index contributed by atoms with van der Waals surface area (Å²) in [6, 6.07) is 74.6. The highest BCUT2D eigenvalue weighted by molar-refractivity contribution is 5.40. The molecule has 7 atom stereocenters. The highest BCUT2D eigenvalue weighted by atomic mass is 16.5. The number of benzene rings is 9. The Bertz CT molecular complexity index is 3790. The number of rotatable bonds is 9. The van der Waals surface area contributed by atoms with E-state index in [1.54, 1.807) is 0 Å². The lowest BCUT2D eigenvalue weighted by atomic mass is 9.60. The van der Waals surface area contributed by atoms with Crippen molar-refractivity contribution >= 4 is 0 Å². The average molecular weight is 1660 g/mol. The molecular formula is C121H186O. The van der Waals surface area contributed by atoms with Crippen molar-refractivity contribution in [1.29, 1.82) is 0 Å². The van der Waals surface area contributed by atoms with E-state index in [1.807, 2.05) is 48.5 Å². The van der Waals surface area contributed by atoms with Crippen molar-refractivity contribution in [3.05, 3.63) is 307 Å². The van der Waals surface area contributed by atoms with Gasteiger partial charge in [0.1, 0.15) is 11.5 Å². The SMILES string of the molecule is CC1CCC(C)C(C)C1.CC1CCC(C)CC1.CC1CCCC(C)C1.CCC.CCC1(C)CC(C)CC(C)(C)C1.CCC1CCC(CC)CC1.Cc1ccc(C(C)(C)c2ccc(C)cc2)cc1.Cc1ccc(C)cc1.Cc1ccc(Cc2ccc(C)cc2)cc1.Cc1ccc(Oc2ccc(C)cc2)cc1.Cc1cccc(C)c1.Cc1cccc(C)c1C.[HH]. The molecule has 0 N–H and O–H groups in total. The van der Waals surface area contributed by atoms with Gasteiger partial charge in [-0.05, 0) is 262 Å². The standard InChI is InChI=1S/C17H20.C15H16.C14H14O.C12H24.C10H20.C9H18.C9H12.C8H16.C8H10.C8H16.C8H10.C3H8.H2/c1-13-5-9-15(10-6-13)17(3,4)16-11-7-14(2)8-12-16;1-12-3-7-14(8-4-12)11-15-9-5-13(2)6-10-15;1-11-3-7-13(8-4-11)15-14-9-5-12(2)6-10-14;1-6-12(5)8-10(2)7-11(3,4)9-12;1-3-9-5-7-10(4-2)8-6-9;1-7-4-5-8(2)9(3)6-7;1-7-5-4-6-8(2)9(7)3;2*1-7-3-5-8(2)6-4-7;2*1-7-4-3-5-8(2)6-7;1-3-2;/h5-12H,1-4H3;3-10H,11H2,1-2H3;3-10H,1-2H3;10H,6-9H2,1-5H3;9-10H,3-8H2,1-2H3;7-9H,4-6H2,1-3H3;4-6H,1-3H3;7-8H,3-6H2,1-2H3;3-6H,1-2H3;7-8H,3-6H2,1-2H3;3-6H,1-2H3;3H2,1-2H3;1H. The van der Waals surface area contributed by atoms with Gasteiger partial charge in [-0.1, -0.05) is 477 Å². The molecule has 676 valence electrons. The third kappa shape index (κ3) is 47.2. The minimum absolute atomic E-state index is 0. The summed E-state index contributed by atoms with van der Waals surface area (Å²) in [5, 5.41) is 0. The molecule has 0 aromatic heterocycles. The molecule has 0 spiro atoms. The Hall–Kier alpha value is -7.22. The molecule has 5 saturated carbocycles. The molecule has 0 saturated heterocycles. The zero-order chi connectivity index (χ0) is 91.0. The lowest BCUT2D eigenvalue weighted by Crippen LogP contribution is -2.34. The zero-order valence-electron chi connectivity index (χ0n) is 84.7.